The number of halogens is 2. The molecule has 0 spiro atoms. The third-order valence-corrected chi connectivity index (χ3v) is 3.09. The first kappa shape index (κ1) is 17.3. The van der Waals surface area contributed by atoms with Crippen LogP contribution in [-0.2, 0) is 17.7 Å². The normalized spacial score (nSPS) is 11.6. The number of hydrogen-bond donors (Lipinski definition) is 1. The van der Waals surface area contributed by atoms with Crippen LogP contribution >= 0.6 is 0 Å². The van der Waals surface area contributed by atoms with E-state index in [0.29, 0.717) is 5.56 Å². The molecule has 0 amide bonds. The Bertz CT molecular complexity index is 605. The molecule has 1 unspecified atom stereocenters. The standard InChI is InChI=1S/C13H10F2O3S.Na.H/c14-10-3-6-13(12(15)7-10)18-8-9-1-4-11(5-2-9)19(16)17;;/h1-7H,8H2,(H,16,17);;. The minimum atomic E-state index is -2.03. The molecule has 0 saturated carbocycles. The van der Waals surface area contributed by atoms with Crippen LogP contribution in [0.15, 0.2) is 47.4 Å². The minimum absolute atomic E-state index is 0. The Kier molecular flexibility index (Phi) is 6.78. The van der Waals surface area contributed by atoms with Crippen LogP contribution in [0.1, 0.15) is 5.56 Å². The maximum atomic E-state index is 13.3. The van der Waals surface area contributed by atoms with Crippen LogP contribution in [0.4, 0.5) is 8.78 Å². The molecule has 0 aliphatic carbocycles. The molecule has 0 aliphatic heterocycles. The number of ether oxygens (including phenoxy) is 1. The zero-order chi connectivity index (χ0) is 13.8. The van der Waals surface area contributed by atoms with Gasteiger partial charge in [0.05, 0.1) is 4.90 Å². The summed E-state index contributed by atoms with van der Waals surface area (Å²) in [6, 6.07) is 9.23. The van der Waals surface area contributed by atoms with Crippen molar-refractivity contribution in [1.82, 2.24) is 0 Å². The van der Waals surface area contributed by atoms with E-state index in [1.54, 1.807) is 12.1 Å². The third kappa shape index (κ3) is 4.64. The van der Waals surface area contributed by atoms with Crippen LogP contribution in [0.3, 0.4) is 0 Å². The van der Waals surface area contributed by atoms with Gasteiger partial charge in [0.1, 0.15) is 12.4 Å². The maximum absolute atomic E-state index is 13.3. The van der Waals surface area contributed by atoms with Crippen LogP contribution in [0.5, 0.6) is 5.75 Å². The van der Waals surface area contributed by atoms with Gasteiger partial charge in [-0.3, -0.25) is 0 Å². The van der Waals surface area contributed by atoms with Crippen molar-refractivity contribution >= 4 is 40.6 Å². The van der Waals surface area contributed by atoms with E-state index in [9.17, 15) is 13.0 Å². The van der Waals surface area contributed by atoms with Gasteiger partial charge in [-0.25, -0.2) is 13.0 Å². The fourth-order valence-corrected chi connectivity index (χ4v) is 1.82. The second-order valence-corrected chi connectivity index (χ2v) is 4.73. The molecule has 0 radical (unpaired) electrons. The van der Waals surface area contributed by atoms with E-state index in [1.165, 1.54) is 18.2 Å². The first-order valence-electron chi connectivity index (χ1n) is 5.34. The number of benzene rings is 2. The van der Waals surface area contributed by atoms with Crippen molar-refractivity contribution in [2.45, 2.75) is 11.5 Å². The van der Waals surface area contributed by atoms with E-state index in [-0.39, 0.29) is 46.8 Å². The third-order valence-electron chi connectivity index (χ3n) is 2.41. The fraction of sp³-hybridized carbons (Fsp3) is 0.0769. The van der Waals surface area contributed by atoms with E-state index in [2.05, 4.69) is 0 Å². The van der Waals surface area contributed by atoms with Crippen LogP contribution in [0.25, 0.3) is 0 Å². The number of rotatable bonds is 4. The first-order chi connectivity index (χ1) is 9.06. The van der Waals surface area contributed by atoms with Gasteiger partial charge in [0.25, 0.3) is 0 Å². The average Bonchev–Trinajstić information content (AvgIpc) is 2.38. The van der Waals surface area contributed by atoms with Crippen LogP contribution < -0.4 is 4.74 Å². The Morgan fingerprint density at radius 1 is 1.10 bits per heavy atom. The van der Waals surface area contributed by atoms with Gasteiger partial charge in [-0.1, -0.05) is 12.1 Å². The Hall–Kier alpha value is -0.790. The summed E-state index contributed by atoms with van der Waals surface area (Å²) >= 11 is -2.03. The summed E-state index contributed by atoms with van der Waals surface area (Å²) in [5.41, 5.74) is 0.706. The molecule has 1 N–H and O–H groups in total. The van der Waals surface area contributed by atoms with Crippen molar-refractivity contribution in [2.24, 2.45) is 0 Å². The molecule has 0 heterocycles. The molecule has 0 bridgehead atoms. The van der Waals surface area contributed by atoms with Crippen LogP contribution in [0.2, 0.25) is 0 Å². The monoisotopic (exact) mass is 308 g/mol. The Morgan fingerprint density at radius 3 is 2.30 bits per heavy atom. The molecule has 1 atom stereocenters. The van der Waals surface area contributed by atoms with Gasteiger partial charge in [0.15, 0.2) is 22.6 Å². The van der Waals surface area contributed by atoms with Gasteiger partial charge >= 0.3 is 29.6 Å². The molecule has 0 fully saturated rings. The first-order valence-corrected chi connectivity index (χ1v) is 6.44. The molecule has 0 aliphatic rings. The second-order valence-electron chi connectivity index (χ2n) is 3.76. The van der Waals surface area contributed by atoms with Gasteiger partial charge in [0, 0.05) is 6.07 Å². The molecular formula is C13H11F2NaO3S. The average molecular weight is 308 g/mol. The van der Waals surface area contributed by atoms with E-state index in [1.807, 2.05) is 0 Å². The van der Waals surface area contributed by atoms with Gasteiger partial charge in [0.2, 0.25) is 0 Å². The van der Waals surface area contributed by atoms with Crippen LogP contribution in [0, 0.1) is 11.6 Å². The zero-order valence-corrected chi connectivity index (χ0v) is 10.5. The molecule has 0 aromatic heterocycles. The van der Waals surface area contributed by atoms with Gasteiger partial charge < -0.3 is 9.29 Å². The summed E-state index contributed by atoms with van der Waals surface area (Å²) in [5, 5.41) is 0. The van der Waals surface area contributed by atoms with Gasteiger partial charge in [-0.2, -0.15) is 0 Å². The molecule has 20 heavy (non-hydrogen) atoms. The van der Waals surface area contributed by atoms with Crippen LogP contribution in [-0.4, -0.2) is 38.3 Å². The van der Waals surface area contributed by atoms with E-state index in [4.69, 9.17) is 9.29 Å². The molecule has 102 valence electrons. The Morgan fingerprint density at radius 2 is 1.75 bits per heavy atom. The van der Waals surface area contributed by atoms with E-state index >= 15 is 0 Å². The fourth-order valence-electron chi connectivity index (χ4n) is 1.46. The zero-order valence-electron chi connectivity index (χ0n) is 9.68. The predicted octanol–water partition coefficient (Wildman–Crippen LogP) is 2.48. The summed E-state index contributed by atoms with van der Waals surface area (Å²) in [6.07, 6.45) is 0. The summed E-state index contributed by atoms with van der Waals surface area (Å²) in [4.78, 5) is 0.275. The molecule has 0 saturated heterocycles. The predicted molar refractivity (Wildman–Crippen MR) is 73.3 cm³/mol. The van der Waals surface area contributed by atoms with E-state index < -0.39 is 22.7 Å². The molecule has 2 aromatic rings. The summed E-state index contributed by atoms with van der Waals surface area (Å²) in [7, 11) is 0. The molecule has 2 rings (SSSR count). The quantitative estimate of drug-likeness (QED) is 0.697. The second kappa shape index (κ2) is 7.85. The SMILES string of the molecule is O=S(O)c1ccc(COc2ccc(F)cc2F)cc1.[NaH]. The van der Waals surface area contributed by atoms with Crippen molar-refractivity contribution in [3.8, 4) is 5.75 Å². The van der Waals surface area contributed by atoms with Crippen molar-refractivity contribution in [3.63, 3.8) is 0 Å². The van der Waals surface area contributed by atoms with E-state index in [0.717, 1.165) is 12.1 Å². The topological polar surface area (TPSA) is 46.5 Å². The molecule has 7 heteroatoms. The number of hydrogen-bond acceptors (Lipinski definition) is 2. The molecular weight excluding hydrogens is 297 g/mol. The van der Waals surface area contributed by atoms with Crippen molar-refractivity contribution in [2.75, 3.05) is 0 Å². The van der Waals surface area contributed by atoms with Gasteiger partial charge in [-0.15, -0.1) is 0 Å². The van der Waals surface area contributed by atoms with Gasteiger partial charge in [-0.05, 0) is 29.8 Å². The van der Waals surface area contributed by atoms with Crippen molar-refractivity contribution in [3.05, 3.63) is 59.7 Å². The molecule has 2 aromatic carbocycles. The van der Waals surface area contributed by atoms with Crippen molar-refractivity contribution in [1.29, 1.82) is 0 Å². The summed E-state index contributed by atoms with van der Waals surface area (Å²) in [6.45, 7) is 0.0842. The Balaban J connectivity index is 0.00000200. The van der Waals surface area contributed by atoms with Crippen molar-refractivity contribution < 1.29 is 22.3 Å². The summed E-state index contributed by atoms with van der Waals surface area (Å²) in [5.74, 6) is -1.48. The summed E-state index contributed by atoms with van der Waals surface area (Å²) < 4.78 is 50.8. The Labute approximate surface area is 139 Å². The molecule has 3 nitrogen and oxygen atoms in total.